The monoisotopic (exact) mass is 255 g/mol. The van der Waals surface area contributed by atoms with Gasteiger partial charge < -0.3 is 55.2 Å². The molecule has 0 aromatic heterocycles. The van der Waals surface area contributed by atoms with E-state index in [1.54, 1.807) is 0 Å². The van der Waals surface area contributed by atoms with Gasteiger partial charge in [-0.25, -0.2) is 0 Å². The van der Waals surface area contributed by atoms with E-state index >= 15 is 0 Å². The van der Waals surface area contributed by atoms with Gasteiger partial charge in [0.05, 0.1) is 10.2 Å². The number of rotatable bonds is 0. The molecule has 0 spiro atoms. The average molecular weight is 256 g/mol. The summed E-state index contributed by atoms with van der Waals surface area (Å²) in [6.07, 6.45) is 0. The van der Waals surface area contributed by atoms with E-state index in [0.717, 1.165) is 0 Å². The van der Waals surface area contributed by atoms with E-state index in [2.05, 4.69) is 0 Å². The summed E-state index contributed by atoms with van der Waals surface area (Å²) in [5.41, 5.74) is 0. The van der Waals surface area contributed by atoms with Crippen molar-refractivity contribution in [1.29, 1.82) is 0 Å². The van der Waals surface area contributed by atoms with Gasteiger partial charge in [-0.1, -0.05) is 0 Å². The normalized spacial score (nSPS) is 3.69. The van der Waals surface area contributed by atoms with Crippen molar-refractivity contribution in [2.75, 3.05) is 0 Å². The molecule has 12 nitrogen and oxygen atoms in total. The molecule has 0 aliphatic heterocycles. The van der Waals surface area contributed by atoms with Gasteiger partial charge in [-0.2, -0.15) is 0 Å². The smallest absolute Gasteiger partial charge is 0.356 e. The maximum absolute atomic E-state index is 8.25. The Kier molecular flexibility index (Phi) is 209. The molecule has 0 heterocycles. The predicted molar refractivity (Wildman–Crippen MR) is 40.8 cm³/mol. The standard InChI is InChI=1S/Cu.2NO3.4H3N/c;2*2-1(3)4;;;;/h;;;4*1H3/q+2;2*-1;;;;. The molecule has 0 fully saturated rings. The minimum Gasteiger partial charge on any atom is -0.356 e. The quantitative estimate of drug-likeness (QED) is 0.258. The van der Waals surface area contributed by atoms with Crippen LogP contribution in [0.15, 0.2) is 0 Å². The van der Waals surface area contributed by atoms with Crippen LogP contribution in [0.1, 0.15) is 0 Å². The van der Waals surface area contributed by atoms with Crippen LogP contribution in [0, 0.1) is 30.6 Å². The molecule has 0 amide bonds. The molecule has 1 radical (unpaired) electrons. The molecule has 12 N–H and O–H groups in total. The summed E-state index contributed by atoms with van der Waals surface area (Å²) in [5, 5.41) is 29.5. The Morgan fingerprint density at radius 2 is 0.615 bits per heavy atom. The van der Waals surface area contributed by atoms with Crippen LogP contribution in [-0.2, 0) is 17.1 Å². The minimum absolute atomic E-state index is 0. The minimum atomic E-state index is -1.75. The van der Waals surface area contributed by atoms with Crippen LogP contribution in [-0.4, -0.2) is 10.2 Å². The van der Waals surface area contributed by atoms with Gasteiger partial charge in [0.2, 0.25) is 0 Å². The van der Waals surface area contributed by atoms with Crippen molar-refractivity contribution in [3.63, 3.8) is 0 Å². The van der Waals surface area contributed by atoms with Crippen molar-refractivity contribution in [3.05, 3.63) is 30.6 Å². The van der Waals surface area contributed by atoms with E-state index in [9.17, 15) is 0 Å². The predicted octanol–water partition coefficient (Wildman–Crippen LogP) is 0.167. The van der Waals surface area contributed by atoms with Crippen LogP contribution in [0.4, 0.5) is 0 Å². The van der Waals surface area contributed by atoms with Crippen LogP contribution in [0.2, 0.25) is 0 Å². The Morgan fingerprint density at radius 3 is 0.615 bits per heavy atom. The van der Waals surface area contributed by atoms with Gasteiger partial charge in [0.1, 0.15) is 0 Å². The number of hydrogen-bond acceptors (Lipinski definition) is 10. The Hall–Kier alpha value is -1.24. The molecule has 13 heteroatoms. The third-order valence-corrected chi connectivity index (χ3v) is 0. The zero-order valence-corrected chi connectivity index (χ0v) is 7.42. The van der Waals surface area contributed by atoms with Crippen LogP contribution in [0.25, 0.3) is 0 Å². The van der Waals surface area contributed by atoms with E-state index in [1.165, 1.54) is 0 Å². The van der Waals surface area contributed by atoms with Gasteiger partial charge in [0, 0.05) is 0 Å². The molecule has 0 aliphatic rings. The van der Waals surface area contributed by atoms with Crippen molar-refractivity contribution in [2.24, 2.45) is 0 Å². The third kappa shape index (κ3) is 536. The van der Waals surface area contributed by atoms with Gasteiger partial charge in [0.25, 0.3) is 0 Å². The summed E-state index contributed by atoms with van der Waals surface area (Å²) in [7, 11) is 0. The second kappa shape index (κ2) is 45.2. The molecule has 0 aromatic carbocycles. The first kappa shape index (κ1) is 60.1. The second-order valence-corrected chi connectivity index (χ2v) is 0.447. The van der Waals surface area contributed by atoms with Crippen molar-refractivity contribution in [2.45, 2.75) is 0 Å². The first-order chi connectivity index (χ1) is 3.46. The van der Waals surface area contributed by atoms with E-state index in [4.69, 9.17) is 30.6 Å². The van der Waals surface area contributed by atoms with Gasteiger partial charge >= 0.3 is 17.1 Å². The van der Waals surface area contributed by atoms with E-state index < -0.39 is 10.2 Å². The molecular weight excluding hydrogens is 244 g/mol. The Labute approximate surface area is 83.3 Å². The van der Waals surface area contributed by atoms with Crippen molar-refractivity contribution < 1.29 is 27.2 Å². The molecule has 0 rings (SSSR count). The Morgan fingerprint density at radius 1 is 0.615 bits per heavy atom. The Balaban J connectivity index is -0.00000000800. The van der Waals surface area contributed by atoms with Gasteiger partial charge in [-0.15, -0.1) is 0 Å². The van der Waals surface area contributed by atoms with E-state index in [1.807, 2.05) is 0 Å². The topological polar surface area (TPSA) is 272 Å². The van der Waals surface area contributed by atoms with E-state index in [-0.39, 0.29) is 41.7 Å². The molecule has 13 heavy (non-hydrogen) atoms. The van der Waals surface area contributed by atoms with Crippen LogP contribution in [0.3, 0.4) is 0 Å². The molecule has 0 saturated heterocycles. The van der Waals surface area contributed by atoms with Crippen LogP contribution >= 0.6 is 0 Å². The van der Waals surface area contributed by atoms with Gasteiger partial charge in [-0.05, 0) is 0 Å². The number of nitrogens with zero attached hydrogens (tertiary/aromatic N) is 2. The van der Waals surface area contributed by atoms with Crippen LogP contribution in [0.5, 0.6) is 0 Å². The largest absolute Gasteiger partial charge is 2.00 e. The zero-order chi connectivity index (χ0) is 7.15. The summed E-state index contributed by atoms with van der Waals surface area (Å²) < 4.78 is 0. The maximum atomic E-state index is 8.25. The van der Waals surface area contributed by atoms with Crippen molar-refractivity contribution >= 4 is 0 Å². The summed E-state index contributed by atoms with van der Waals surface area (Å²) >= 11 is 0. The van der Waals surface area contributed by atoms with E-state index in [0.29, 0.717) is 0 Å². The van der Waals surface area contributed by atoms with Crippen molar-refractivity contribution in [3.8, 4) is 0 Å². The summed E-state index contributed by atoms with van der Waals surface area (Å²) in [6, 6.07) is 0. The first-order valence-corrected chi connectivity index (χ1v) is 1.10. The van der Waals surface area contributed by atoms with Crippen LogP contribution < -0.4 is 24.6 Å². The summed E-state index contributed by atoms with van der Waals surface area (Å²) in [5.74, 6) is 0. The zero-order valence-electron chi connectivity index (χ0n) is 6.47. The first-order valence-electron chi connectivity index (χ1n) is 1.10. The molecule has 89 valence electrons. The molecule has 0 saturated carbocycles. The molecule has 0 bridgehead atoms. The fraction of sp³-hybridized carbons (Fsp3) is 0. The summed E-state index contributed by atoms with van der Waals surface area (Å²) in [6.45, 7) is 0. The fourth-order valence-electron chi connectivity index (χ4n) is 0. The summed E-state index contributed by atoms with van der Waals surface area (Å²) in [4.78, 5) is 16.5. The Bertz CT molecular complexity index is 75.1. The van der Waals surface area contributed by atoms with Gasteiger partial charge in [-0.3, -0.25) is 0 Å². The molecule has 0 unspecified atom stereocenters. The molecule has 0 atom stereocenters. The molecular formula is H12CuN6O6. The SMILES string of the molecule is N.N.N.N.O=[N+]([O-])[O-].O=[N+]([O-])[O-].[Cu+2]. The average Bonchev–Trinajstić information content (AvgIpc) is 1.25. The van der Waals surface area contributed by atoms with Crippen molar-refractivity contribution in [1.82, 2.24) is 24.6 Å². The molecule has 0 aromatic rings. The van der Waals surface area contributed by atoms with Gasteiger partial charge in [0.15, 0.2) is 0 Å². The third-order valence-electron chi connectivity index (χ3n) is 0. The maximum Gasteiger partial charge on any atom is 2.00 e. The number of hydrogen-bond donors (Lipinski definition) is 4. The molecule has 0 aliphatic carbocycles. The second-order valence-electron chi connectivity index (χ2n) is 0.447. The fourth-order valence-corrected chi connectivity index (χ4v) is 0.